The predicted molar refractivity (Wildman–Crippen MR) is 62.7 cm³/mol. The third kappa shape index (κ3) is 2.81. The fourth-order valence-electron chi connectivity index (χ4n) is 1.26. The molecule has 0 saturated carbocycles. The van der Waals surface area contributed by atoms with Crippen LogP contribution < -0.4 is 0 Å². The number of hydrogen-bond acceptors (Lipinski definition) is 4. The lowest BCUT2D eigenvalue weighted by Gasteiger charge is -2.32. The first-order chi connectivity index (χ1) is 7.48. The molecular weight excluding hydrogens is 204 g/mol. The van der Waals surface area contributed by atoms with Crippen LogP contribution in [0.25, 0.3) is 0 Å². The lowest BCUT2D eigenvalue weighted by atomic mass is 9.98. The molecule has 0 aromatic heterocycles. The number of hydroxylamine groups is 2. The second kappa shape index (κ2) is 5.09. The smallest absolute Gasteiger partial charge is 0.0818 e. The zero-order valence-electron chi connectivity index (χ0n) is 9.88. The summed E-state index contributed by atoms with van der Waals surface area (Å²) in [6, 6.07) is 9.64. The summed E-state index contributed by atoms with van der Waals surface area (Å²) in [5.74, 6) is 0. The van der Waals surface area contributed by atoms with Crippen LogP contribution in [-0.4, -0.2) is 26.7 Å². The Morgan fingerprint density at radius 2 is 1.88 bits per heavy atom. The number of hydrogen-bond donors (Lipinski definition) is 2. The number of oxime groups is 1. The van der Waals surface area contributed by atoms with Crippen LogP contribution in [0.3, 0.4) is 0 Å². The molecule has 0 radical (unpaired) electrons. The molecule has 0 aliphatic rings. The molecule has 0 atom stereocenters. The topological polar surface area (TPSA) is 56.1 Å². The van der Waals surface area contributed by atoms with Crippen LogP contribution in [0, 0.1) is 0 Å². The summed E-state index contributed by atoms with van der Waals surface area (Å²) in [6.07, 6.45) is 0. The summed E-state index contributed by atoms with van der Waals surface area (Å²) >= 11 is 0. The fraction of sp³-hybridized carbons (Fsp3) is 0.417. The summed E-state index contributed by atoms with van der Waals surface area (Å²) in [5.41, 5.74) is 0.777. The van der Waals surface area contributed by atoms with Gasteiger partial charge in [-0.25, -0.2) is 0 Å². The van der Waals surface area contributed by atoms with Gasteiger partial charge in [0, 0.05) is 6.54 Å². The molecule has 4 heteroatoms. The van der Waals surface area contributed by atoms with E-state index >= 15 is 0 Å². The Morgan fingerprint density at radius 3 is 2.38 bits per heavy atom. The van der Waals surface area contributed by atoms with Crippen molar-refractivity contribution in [1.82, 2.24) is 5.06 Å². The molecule has 88 valence electrons. The Balaban J connectivity index is 2.76. The molecule has 0 bridgehead atoms. The van der Waals surface area contributed by atoms with E-state index in [1.165, 1.54) is 0 Å². The standard InChI is InChI=1S/C12H18N2O2/c1-10(13-15)12(2,3)14(16)9-11-7-5-4-6-8-11/h4-8,15-16H,9H2,1-3H3/b13-10+. The number of rotatable bonds is 4. The molecule has 0 amide bonds. The van der Waals surface area contributed by atoms with E-state index in [4.69, 9.17) is 5.21 Å². The lowest BCUT2D eigenvalue weighted by Crippen LogP contribution is -2.46. The third-order valence-electron chi connectivity index (χ3n) is 2.86. The minimum Gasteiger partial charge on any atom is -0.411 e. The molecule has 0 spiro atoms. The van der Waals surface area contributed by atoms with Crippen molar-refractivity contribution < 1.29 is 10.4 Å². The van der Waals surface area contributed by atoms with E-state index in [9.17, 15) is 5.21 Å². The zero-order valence-corrected chi connectivity index (χ0v) is 9.88. The quantitative estimate of drug-likeness (QED) is 0.467. The third-order valence-corrected chi connectivity index (χ3v) is 2.86. The molecule has 1 aromatic carbocycles. The largest absolute Gasteiger partial charge is 0.411 e. The highest BCUT2D eigenvalue weighted by Gasteiger charge is 2.29. The fourth-order valence-corrected chi connectivity index (χ4v) is 1.26. The van der Waals surface area contributed by atoms with Crippen LogP contribution in [0.1, 0.15) is 26.3 Å². The van der Waals surface area contributed by atoms with Crippen molar-refractivity contribution in [2.45, 2.75) is 32.9 Å². The number of benzene rings is 1. The minimum atomic E-state index is -0.690. The van der Waals surface area contributed by atoms with Gasteiger partial charge < -0.3 is 10.4 Å². The molecule has 0 aliphatic heterocycles. The summed E-state index contributed by atoms with van der Waals surface area (Å²) in [7, 11) is 0. The van der Waals surface area contributed by atoms with Gasteiger partial charge in [0.05, 0.1) is 11.3 Å². The van der Waals surface area contributed by atoms with Crippen LogP contribution in [0.5, 0.6) is 0 Å². The Morgan fingerprint density at radius 1 is 1.31 bits per heavy atom. The maximum absolute atomic E-state index is 9.97. The van der Waals surface area contributed by atoms with Crippen LogP contribution in [0.2, 0.25) is 0 Å². The van der Waals surface area contributed by atoms with E-state index in [1.807, 2.05) is 30.3 Å². The van der Waals surface area contributed by atoms with Crippen molar-refractivity contribution in [1.29, 1.82) is 0 Å². The van der Waals surface area contributed by atoms with Crippen molar-refractivity contribution >= 4 is 5.71 Å². The van der Waals surface area contributed by atoms with Crippen molar-refractivity contribution in [3.63, 3.8) is 0 Å². The summed E-state index contributed by atoms with van der Waals surface area (Å²) < 4.78 is 0. The van der Waals surface area contributed by atoms with Crippen molar-refractivity contribution in [2.24, 2.45) is 5.16 Å². The first kappa shape index (κ1) is 12.7. The van der Waals surface area contributed by atoms with E-state index in [-0.39, 0.29) is 0 Å². The van der Waals surface area contributed by atoms with Gasteiger partial charge in [0.25, 0.3) is 0 Å². The maximum Gasteiger partial charge on any atom is 0.0818 e. The van der Waals surface area contributed by atoms with E-state index < -0.39 is 5.54 Å². The maximum atomic E-state index is 9.97. The average molecular weight is 222 g/mol. The van der Waals surface area contributed by atoms with Gasteiger partial charge in [0.2, 0.25) is 0 Å². The molecule has 0 saturated heterocycles. The van der Waals surface area contributed by atoms with E-state index in [0.29, 0.717) is 12.3 Å². The molecule has 0 aliphatic carbocycles. The molecule has 2 N–H and O–H groups in total. The average Bonchev–Trinajstić information content (AvgIpc) is 2.29. The molecule has 1 rings (SSSR count). The second-order valence-corrected chi connectivity index (χ2v) is 4.29. The van der Waals surface area contributed by atoms with Gasteiger partial charge in [-0.2, -0.15) is 5.06 Å². The molecule has 0 fully saturated rings. The van der Waals surface area contributed by atoms with Crippen molar-refractivity contribution in [2.75, 3.05) is 0 Å². The van der Waals surface area contributed by atoms with Crippen LogP contribution in [0.15, 0.2) is 35.5 Å². The van der Waals surface area contributed by atoms with Gasteiger partial charge in [0.1, 0.15) is 0 Å². The first-order valence-electron chi connectivity index (χ1n) is 5.18. The lowest BCUT2D eigenvalue weighted by molar-refractivity contribution is -0.146. The predicted octanol–water partition coefficient (Wildman–Crippen LogP) is 2.51. The monoisotopic (exact) mass is 222 g/mol. The minimum absolute atomic E-state index is 0.390. The molecule has 0 heterocycles. The van der Waals surface area contributed by atoms with Crippen LogP contribution in [-0.2, 0) is 6.54 Å². The van der Waals surface area contributed by atoms with E-state index in [1.54, 1.807) is 20.8 Å². The number of nitrogens with zero attached hydrogens (tertiary/aromatic N) is 2. The van der Waals surface area contributed by atoms with Gasteiger partial charge in [0.15, 0.2) is 0 Å². The van der Waals surface area contributed by atoms with Gasteiger partial charge in [-0.3, -0.25) is 0 Å². The Labute approximate surface area is 95.8 Å². The molecule has 4 nitrogen and oxygen atoms in total. The molecular formula is C12H18N2O2. The van der Waals surface area contributed by atoms with E-state index in [0.717, 1.165) is 10.6 Å². The zero-order chi connectivity index (χ0) is 12.2. The van der Waals surface area contributed by atoms with Crippen LogP contribution in [0.4, 0.5) is 0 Å². The van der Waals surface area contributed by atoms with Gasteiger partial charge in [-0.05, 0) is 26.3 Å². The van der Waals surface area contributed by atoms with Crippen LogP contribution >= 0.6 is 0 Å². The second-order valence-electron chi connectivity index (χ2n) is 4.29. The Hall–Kier alpha value is -1.39. The van der Waals surface area contributed by atoms with Crippen molar-refractivity contribution in [3.05, 3.63) is 35.9 Å². The summed E-state index contributed by atoms with van der Waals surface area (Å²) in [4.78, 5) is 0. The molecule has 1 aromatic rings. The van der Waals surface area contributed by atoms with Gasteiger partial charge in [-0.1, -0.05) is 35.5 Å². The summed E-state index contributed by atoms with van der Waals surface area (Å²) in [5, 5.41) is 23.0. The van der Waals surface area contributed by atoms with E-state index in [2.05, 4.69) is 5.16 Å². The highest BCUT2D eigenvalue weighted by Crippen LogP contribution is 2.17. The normalized spacial score (nSPS) is 13.2. The summed E-state index contributed by atoms with van der Waals surface area (Å²) in [6.45, 7) is 5.66. The van der Waals surface area contributed by atoms with Gasteiger partial charge >= 0.3 is 0 Å². The Bertz CT molecular complexity index is 361. The Kier molecular flexibility index (Phi) is 4.04. The van der Waals surface area contributed by atoms with Crippen molar-refractivity contribution in [3.8, 4) is 0 Å². The van der Waals surface area contributed by atoms with Gasteiger partial charge in [-0.15, -0.1) is 0 Å². The highest BCUT2D eigenvalue weighted by molar-refractivity contribution is 5.89. The SMILES string of the molecule is C/C(=N\O)C(C)(C)N(O)Cc1ccccc1. The molecule has 0 unspecified atom stereocenters. The highest BCUT2D eigenvalue weighted by atomic mass is 16.5. The molecule has 16 heavy (non-hydrogen) atoms. The first-order valence-corrected chi connectivity index (χ1v) is 5.18.